The van der Waals surface area contributed by atoms with Gasteiger partial charge in [-0.3, -0.25) is 0 Å². The Balaban J connectivity index is 2.26. The van der Waals surface area contributed by atoms with Crippen LogP contribution in [0.2, 0.25) is 0 Å². The molecule has 0 radical (unpaired) electrons. The number of sulfonamides is 1. The molecule has 0 amide bonds. The average Bonchev–Trinajstić information content (AvgIpc) is 2.29. The normalized spacial score (nSPS) is 26.2. The smallest absolute Gasteiger partial charge is 0.211 e. The molecule has 2 atom stereocenters. The van der Waals surface area contributed by atoms with E-state index in [1.165, 1.54) is 10.6 Å². The number of halogens is 1. The Labute approximate surface area is 116 Å². The van der Waals surface area contributed by atoms with E-state index in [4.69, 9.17) is 4.74 Å². The summed E-state index contributed by atoms with van der Waals surface area (Å²) in [7, 11) is -3.18. The van der Waals surface area contributed by atoms with Crippen LogP contribution in [0.15, 0.2) is 28.7 Å². The first kappa shape index (κ1) is 14.0. The molecular formula is C12H16BrNO3S. The average molecular weight is 334 g/mol. The Hall–Kier alpha value is -0.430. The van der Waals surface area contributed by atoms with Gasteiger partial charge in [-0.15, -0.1) is 0 Å². The lowest BCUT2D eigenvalue weighted by molar-refractivity contribution is -0.0359. The van der Waals surface area contributed by atoms with E-state index in [9.17, 15) is 8.42 Å². The Morgan fingerprint density at radius 2 is 1.94 bits per heavy atom. The fourth-order valence-corrected chi connectivity index (χ4v) is 3.64. The van der Waals surface area contributed by atoms with Crippen LogP contribution in [0.1, 0.15) is 18.6 Å². The van der Waals surface area contributed by atoms with E-state index in [1.807, 2.05) is 31.2 Å². The third-order valence-corrected chi connectivity index (χ3v) is 5.02. The molecule has 1 aliphatic rings. The molecule has 0 N–H and O–H groups in total. The van der Waals surface area contributed by atoms with Gasteiger partial charge in [0.15, 0.2) is 0 Å². The number of morpholine rings is 1. The lowest BCUT2D eigenvalue weighted by atomic mass is 10.0. The zero-order chi connectivity index (χ0) is 13.3. The van der Waals surface area contributed by atoms with Crippen LogP contribution in [0, 0.1) is 0 Å². The lowest BCUT2D eigenvalue weighted by Gasteiger charge is -2.37. The van der Waals surface area contributed by atoms with Gasteiger partial charge in [0.25, 0.3) is 0 Å². The van der Waals surface area contributed by atoms with Gasteiger partial charge in [0.05, 0.1) is 25.0 Å². The standard InChI is InChI=1S/C12H16BrNO3S/c1-9-12(10-3-5-11(13)6-4-10)17-8-7-14(9)18(2,15)16/h3-6,9,12H,7-8H2,1-2H3/t9-,12-/m1/s1. The van der Waals surface area contributed by atoms with Crippen molar-refractivity contribution in [2.75, 3.05) is 19.4 Å². The van der Waals surface area contributed by atoms with E-state index in [2.05, 4.69) is 15.9 Å². The first-order valence-electron chi connectivity index (χ1n) is 5.73. The Kier molecular flexibility index (Phi) is 4.11. The van der Waals surface area contributed by atoms with E-state index in [1.54, 1.807) is 0 Å². The molecule has 100 valence electrons. The fourth-order valence-electron chi connectivity index (χ4n) is 2.26. The topological polar surface area (TPSA) is 46.6 Å². The van der Waals surface area contributed by atoms with E-state index in [0.717, 1.165) is 10.0 Å². The van der Waals surface area contributed by atoms with Crippen LogP contribution in [-0.4, -0.2) is 38.2 Å². The van der Waals surface area contributed by atoms with Crippen molar-refractivity contribution in [2.24, 2.45) is 0 Å². The van der Waals surface area contributed by atoms with Crippen LogP contribution in [0.25, 0.3) is 0 Å². The minimum absolute atomic E-state index is 0.185. The Morgan fingerprint density at radius 1 is 1.33 bits per heavy atom. The van der Waals surface area contributed by atoms with Crippen molar-refractivity contribution in [3.63, 3.8) is 0 Å². The molecule has 6 heteroatoms. The van der Waals surface area contributed by atoms with Gasteiger partial charge in [0.2, 0.25) is 10.0 Å². The molecule has 0 spiro atoms. The van der Waals surface area contributed by atoms with Gasteiger partial charge in [-0.2, -0.15) is 4.31 Å². The molecule has 1 fully saturated rings. The predicted molar refractivity (Wildman–Crippen MR) is 73.8 cm³/mol. The summed E-state index contributed by atoms with van der Waals surface area (Å²) >= 11 is 3.38. The summed E-state index contributed by atoms with van der Waals surface area (Å²) in [6.07, 6.45) is 1.04. The number of hydrogen-bond donors (Lipinski definition) is 0. The molecule has 0 bridgehead atoms. The van der Waals surface area contributed by atoms with Gasteiger partial charge < -0.3 is 4.74 Å². The summed E-state index contributed by atoms with van der Waals surface area (Å²) in [6, 6.07) is 7.60. The lowest BCUT2D eigenvalue weighted by Crippen LogP contribution is -2.48. The largest absolute Gasteiger partial charge is 0.370 e. The first-order chi connectivity index (χ1) is 8.39. The van der Waals surface area contributed by atoms with Crippen LogP contribution in [0.3, 0.4) is 0 Å². The van der Waals surface area contributed by atoms with E-state index < -0.39 is 10.0 Å². The minimum atomic E-state index is -3.18. The molecule has 4 nitrogen and oxygen atoms in total. The van der Waals surface area contributed by atoms with Crippen LogP contribution < -0.4 is 0 Å². The molecule has 1 heterocycles. The highest BCUT2D eigenvalue weighted by molar-refractivity contribution is 9.10. The van der Waals surface area contributed by atoms with Crippen LogP contribution >= 0.6 is 15.9 Å². The third kappa shape index (κ3) is 2.93. The molecule has 1 saturated heterocycles. The van der Waals surface area contributed by atoms with Crippen molar-refractivity contribution in [3.8, 4) is 0 Å². The van der Waals surface area contributed by atoms with Crippen molar-refractivity contribution in [1.82, 2.24) is 4.31 Å². The monoisotopic (exact) mass is 333 g/mol. The second kappa shape index (κ2) is 5.28. The van der Waals surface area contributed by atoms with Gasteiger partial charge >= 0.3 is 0 Å². The maximum atomic E-state index is 11.7. The molecule has 0 aliphatic carbocycles. The number of nitrogens with zero attached hydrogens (tertiary/aromatic N) is 1. The summed E-state index contributed by atoms with van der Waals surface area (Å²) in [5, 5.41) is 0. The van der Waals surface area contributed by atoms with E-state index >= 15 is 0 Å². The first-order valence-corrected chi connectivity index (χ1v) is 8.37. The highest BCUT2D eigenvalue weighted by atomic mass is 79.9. The molecule has 2 rings (SSSR count). The number of benzene rings is 1. The quantitative estimate of drug-likeness (QED) is 0.833. The van der Waals surface area contributed by atoms with Crippen LogP contribution in [-0.2, 0) is 14.8 Å². The SMILES string of the molecule is C[C@@H]1[C@H](c2ccc(Br)cc2)OCCN1S(C)(=O)=O. The summed E-state index contributed by atoms with van der Waals surface area (Å²) < 4.78 is 31.6. The zero-order valence-corrected chi connectivity index (χ0v) is 12.7. The molecule has 0 saturated carbocycles. The molecule has 18 heavy (non-hydrogen) atoms. The number of hydrogen-bond acceptors (Lipinski definition) is 3. The second-order valence-electron chi connectivity index (χ2n) is 4.46. The van der Waals surface area contributed by atoms with Crippen molar-refractivity contribution >= 4 is 26.0 Å². The van der Waals surface area contributed by atoms with Crippen molar-refractivity contribution in [2.45, 2.75) is 19.1 Å². The highest BCUT2D eigenvalue weighted by Gasteiger charge is 2.34. The molecular weight excluding hydrogens is 318 g/mol. The molecule has 1 aliphatic heterocycles. The maximum Gasteiger partial charge on any atom is 0.211 e. The molecule has 1 aromatic carbocycles. The number of rotatable bonds is 2. The van der Waals surface area contributed by atoms with Gasteiger partial charge in [-0.1, -0.05) is 28.1 Å². The van der Waals surface area contributed by atoms with E-state index in [0.29, 0.717) is 13.2 Å². The highest BCUT2D eigenvalue weighted by Crippen LogP contribution is 2.30. The second-order valence-corrected chi connectivity index (χ2v) is 7.31. The molecule has 0 aromatic heterocycles. The predicted octanol–water partition coefficient (Wildman–Crippen LogP) is 2.17. The maximum absolute atomic E-state index is 11.7. The fraction of sp³-hybridized carbons (Fsp3) is 0.500. The van der Waals surface area contributed by atoms with Crippen molar-refractivity contribution < 1.29 is 13.2 Å². The molecule has 0 unspecified atom stereocenters. The zero-order valence-electron chi connectivity index (χ0n) is 10.3. The van der Waals surface area contributed by atoms with Gasteiger partial charge in [-0.05, 0) is 24.6 Å². The summed E-state index contributed by atoms with van der Waals surface area (Å²) in [6.45, 7) is 2.73. The number of ether oxygens (including phenoxy) is 1. The summed E-state index contributed by atoms with van der Waals surface area (Å²) in [5.41, 5.74) is 0.999. The summed E-state index contributed by atoms with van der Waals surface area (Å²) in [4.78, 5) is 0. The van der Waals surface area contributed by atoms with Crippen LogP contribution in [0.5, 0.6) is 0 Å². The van der Waals surface area contributed by atoms with Crippen molar-refractivity contribution in [1.29, 1.82) is 0 Å². The van der Waals surface area contributed by atoms with Gasteiger partial charge in [-0.25, -0.2) is 8.42 Å². The Morgan fingerprint density at radius 3 is 2.50 bits per heavy atom. The van der Waals surface area contributed by atoms with Crippen LogP contribution in [0.4, 0.5) is 0 Å². The molecule has 1 aromatic rings. The van der Waals surface area contributed by atoms with E-state index in [-0.39, 0.29) is 12.1 Å². The van der Waals surface area contributed by atoms with Gasteiger partial charge in [0.1, 0.15) is 0 Å². The third-order valence-electron chi connectivity index (χ3n) is 3.13. The summed E-state index contributed by atoms with van der Waals surface area (Å²) in [5.74, 6) is 0. The minimum Gasteiger partial charge on any atom is -0.370 e. The van der Waals surface area contributed by atoms with Crippen molar-refractivity contribution in [3.05, 3.63) is 34.3 Å². The van der Waals surface area contributed by atoms with Gasteiger partial charge in [0, 0.05) is 11.0 Å². The Bertz CT molecular complexity index is 515.